The van der Waals surface area contributed by atoms with Crippen LogP contribution in [-0.2, 0) is 13.1 Å². The molecule has 0 aromatic carbocycles. The lowest BCUT2D eigenvalue weighted by Crippen LogP contribution is -2.22. The molecule has 6 heteroatoms. The van der Waals surface area contributed by atoms with E-state index < -0.39 is 0 Å². The summed E-state index contributed by atoms with van der Waals surface area (Å²) in [4.78, 5) is 13.2. The molecule has 0 saturated carbocycles. The molecule has 0 aliphatic rings. The Bertz CT molecular complexity index is 676. The molecule has 3 aromatic heterocycles. The van der Waals surface area contributed by atoms with E-state index in [0.717, 1.165) is 18.9 Å². The number of anilines is 1. The van der Waals surface area contributed by atoms with Crippen LogP contribution in [0.3, 0.4) is 0 Å². The van der Waals surface area contributed by atoms with Gasteiger partial charge >= 0.3 is 0 Å². The number of thiophene rings is 2. The second kappa shape index (κ2) is 6.48. The third kappa shape index (κ3) is 3.45. The summed E-state index contributed by atoms with van der Waals surface area (Å²) >= 11 is 3.45. The van der Waals surface area contributed by atoms with E-state index in [1.165, 1.54) is 16.0 Å². The van der Waals surface area contributed by atoms with Crippen LogP contribution >= 0.6 is 22.7 Å². The molecule has 0 fully saturated rings. The predicted molar refractivity (Wildman–Crippen MR) is 85.3 cm³/mol. The molecule has 3 rings (SSSR count). The molecule has 0 amide bonds. The van der Waals surface area contributed by atoms with Crippen molar-refractivity contribution in [3.63, 3.8) is 0 Å². The van der Waals surface area contributed by atoms with Crippen LogP contribution in [-0.4, -0.2) is 9.97 Å². The van der Waals surface area contributed by atoms with Crippen LogP contribution in [0.5, 0.6) is 0 Å². The summed E-state index contributed by atoms with van der Waals surface area (Å²) < 4.78 is 0. The maximum absolute atomic E-state index is 8.82. The molecule has 21 heavy (non-hydrogen) atoms. The van der Waals surface area contributed by atoms with Crippen molar-refractivity contribution in [3.05, 3.63) is 62.9 Å². The monoisotopic (exact) mass is 312 g/mol. The van der Waals surface area contributed by atoms with Gasteiger partial charge in [0.2, 0.25) is 0 Å². The standard InChI is InChI=1S/C15H12N4S2/c16-7-12-8-18-15(9-17-12)19(10-13-3-1-5-20-13)11-14-4-2-6-21-14/h1-6,8-9H,10-11H2. The largest absolute Gasteiger partial charge is 0.345 e. The molecule has 0 atom stereocenters. The van der Waals surface area contributed by atoms with Gasteiger partial charge in [-0.1, -0.05) is 12.1 Å². The van der Waals surface area contributed by atoms with Gasteiger partial charge in [-0.2, -0.15) is 5.26 Å². The van der Waals surface area contributed by atoms with Crippen molar-refractivity contribution >= 4 is 28.5 Å². The Kier molecular flexibility index (Phi) is 4.24. The van der Waals surface area contributed by atoms with E-state index in [4.69, 9.17) is 5.26 Å². The molecular weight excluding hydrogens is 300 g/mol. The zero-order chi connectivity index (χ0) is 14.5. The first kappa shape index (κ1) is 13.7. The molecule has 4 nitrogen and oxygen atoms in total. The van der Waals surface area contributed by atoms with Gasteiger partial charge in [0.05, 0.1) is 25.5 Å². The summed E-state index contributed by atoms with van der Waals surface area (Å²) in [5, 5.41) is 13.0. The molecule has 3 aromatic rings. The molecule has 104 valence electrons. The van der Waals surface area contributed by atoms with Crippen molar-refractivity contribution in [2.75, 3.05) is 4.90 Å². The van der Waals surface area contributed by atoms with E-state index >= 15 is 0 Å². The van der Waals surface area contributed by atoms with Crippen molar-refractivity contribution in [1.82, 2.24) is 9.97 Å². The lowest BCUT2D eigenvalue weighted by Gasteiger charge is -2.22. The second-order valence-electron chi connectivity index (χ2n) is 4.39. The zero-order valence-electron chi connectivity index (χ0n) is 11.1. The summed E-state index contributed by atoms with van der Waals surface area (Å²) in [5.74, 6) is 0.788. The summed E-state index contributed by atoms with van der Waals surface area (Å²) in [6.45, 7) is 1.58. The molecule has 0 aliphatic carbocycles. The summed E-state index contributed by atoms with van der Waals surface area (Å²) in [5.41, 5.74) is 0.339. The Morgan fingerprint density at radius 3 is 2.10 bits per heavy atom. The van der Waals surface area contributed by atoms with Crippen molar-refractivity contribution in [2.24, 2.45) is 0 Å². The predicted octanol–water partition coefficient (Wildman–Crippen LogP) is 3.68. The molecule has 0 unspecified atom stereocenters. The minimum atomic E-state index is 0.339. The first-order chi connectivity index (χ1) is 10.3. The van der Waals surface area contributed by atoms with Gasteiger partial charge in [0.1, 0.15) is 11.9 Å². The van der Waals surface area contributed by atoms with Crippen molar-refractivity contribution < 1.29 is 0 Å². The highest BCUT2D eigenvalue weighted by Crippen LogP contribution is 2.21. The molecule has 0 bridgehead atoms. The van der Waals surface area contributed by atoms with Gasteiger partial charge in [0.15, 0.2) is 5.69 Å². The topological polar surface area (TPSA) is 52.8 Å². The number of nitriles is 1. The van der Waals surface area contributed by atoms with Gasteiger partial charge < -0.3 is 4.90 Å². The second-order valence-corrected chi connectivity index (χ2v) is 6.45. The Morgan fingerprint density at radius 2 is 1.67 bits per heavy atom. The maximum atomic E-state index is 8.82. The molecule has 0 aliphatic heterocycles. The van der Waals surface area contributed by atoms with E-state index in [-0.39, 0.29) is 0 Å². The first-order valence-corrected chi connectivity index (χ1v) is 8.13. The highest BCUT2D eigenvalue weighted by atomic mass is 32.1. The lowest BCUT2D eigenvalue weighted by atomic mass is 10.3. The SMILES string of the molecule is N#Cc1cnc(N(Cc2cccs2)Cc2cccs2)cn1. The summed E-state index contributed by atoms with van der Waals surface area (Å²) in [6, 6.07) is 10.3. The van der Waals surface area contributed by atoms with Crippen LogP contribution in [0.15, 0.2) is 47.4 Å². The number of hydrogen-bond donors (Lipinski definition) is 0. The molecule has 3 heterocycles. The van der Waals surface area contributed by atoms with E-state index in [1.54, 1.807) is 28.9 Å². The van der Waals surface area contributed by atoms with Gasteiger partial charge in [-0.05, 0) is 22.9 Å². The molecular formula is C15H12N4S2. The number of hydrogen-bond acceptors (Lipinski definition) is 6. The van der Waals surface area contributed by atoms with Gasteiger partial charge in [-0.3, -0.25) is 0 Å². The zero-order valence-corrected chi connectivity index (χ0v) is 12.8. The highest BCUT2D eigenvalue weighted by Gasteiger charge is 2.11. The molecule has 0 radical (unpaired) electrons. The lowest BCUT2D eigenvalue weighted by molar-refractivity contribution is 0.795. The van der Waals surface area contributed by atoms with Crippen LogP contribution in [0, 0.1) is 11.3 Å². The Hall–Kier alpha value is -2.23. The number of nitrogens with zero attached hydrogens (tertiary/aromatic N) is 4. The third-order valence-corrected chi connectivity index (χ3v) is 4.65. The minimum Gasteiger partial charge on any atom is -0.345 e. The van der Waals surface area contributed by atoms with Crippen LogP contribution in [0.4, 0.5) is 5.82 Å². The van der Waals surface area contributed by atoms with E-state index in [0.29, 0.717) is 5.69 Å². The fourth-order valence-corrected chi connectivity index (χ4v) is 3.38. The van der Waals surface area contributed by atoms with Gasteiger partial charge in [-0.15, -0.1) is 22.7 Å². The third-order valence-electron chi connectivity index (χ3n) is 2.93. The van der Waals surface area contributed by atoms with Crippen molar-refractivity contribution in [3.8, 4) is 6.07 Å². The number of aromatic nitrogens is 2. The van der Waals surface area contributed by atoms with Crippen LogP contribution < -0.4 is 4.90 Å². The maximum Gasteiger partial charge on any atom is 0.158 e. The van der Waals surface area contributed by atoms with Crippen LogP contribution in [0.1, 0.15) is 15.4 Å². The average Bonchev–Trinajstić information content (AvgIpc) is 3.20. The van der Waals surface area contributed by atoms with Gasteiger partial charge in [0, 0.05) is 9.75 Å². The van der Waals surface area contributed by atoms with Crippen LogP contribution in [0.2, 0.25) is 0 Å². The van der Waals surface area contributed by atoms with E-state index in [2.05, 4.69) is 37.8 Å². The number of rotatable bonds is 5. The Labute approximate surface area is 131 Å². The van der Waals surface area contributed by atoms with Crippen molar-refractivity contribution in [1.29, 1.82) is 5.26 Å². The average molecular weight is 312 g/mol. The quantitative estimate of drug-likeness (QED) is 0.721. The normalized spacial score (nSPS) is 10.2. The van der Waals surface area contributed by atoms with Crippen molar-refractivity contribution in [2.45, 2.75) is 13.1 Å². The molecule has 0 saturated heterocycles. The van der Waals surface area contributed by atoms with E-state index in [1.807, 2.05) is 18.2 Å². The van der Waals surface area contributed by atoms with Crippen LogP contribution in [0.25, 0.3) is 0 Å². The van der Waals surface area contributed by atoms with Gasteiger partial charge in [0.25, 0.3) is 0 Å². The fraction of sp³-hybridized carbons (Fsp3) is 0.133. The molecule has 0 N–H and O–H groups in total. The Balaban J connectivity index is 1.85. The van der Waals surface area contributed by atoms with E-state index in [9.17, 15) is 0 Å². The first-order valence-electron chi connectivity index (χ1n) is 6.37. The summed E-state index contributed by atoms with van der Waals surface area (Å²) in [7, 11) is 0. The smallest absolute Gasteiger partial charge is 0.158 e. The Morgan fingerprint density at radius 1 is 1.00 bits per heavy atom. The minimum absolute atomic E-state index is 0.339. The van der Waals surface area contributed by atoms with Gasteiger partial charge in [-0.25, -0.2) is 9.97 Å². The molecule has 0 spiro atoms. The fourth-order valence-electron chi connectivity index (χ4n) is 1.94. The summed E-state index contributed by atoms with van der Waals surface area (Å²) in [6.07, 6.45) is 3.19. The highest BCUT2D eigenvalue weighted by molar-refractivity contribution is 7.10.